The summed E-state index contributed by atoms with van der Waals surface area (Å²) in [7, 11) is 0. The molecule has 0 amide bonds. The molecule has 0 atom stereocenters. The SMILES string of the molecule is Fc1ccc(-n2c(=S)[nH]c3ccc(F)cc32)c(F)c1. The van der Waals surface area contributed by atoms with Gasteiger partial charge in [-0.05, 0) is 36.5 Å². The van der Waals surface area contributed by atoms with Crippen LogP contribution in [0.15, 0.2) is 36.4 Å². The Morgan fingerprint density at radius 3 is 2.37 bits per heavy atom. The van der Waals surface area contributed by atoms with Crippen molar-refractivity contribution in [1.82, 2.24) is 9.55 Å². The number of aromatic nitrogens is 2. The molecular formula is C13H7F3N2S. The zero-order valence-corrected chi connectivity index (χ0v) is 10.3. The van der Waals surface area contributed by atoms with Gasteiger partial charge in [-0.2, -0.15) is 0 Å². The van der Waals surface area contributed by atoms with Crippen LogP contribution in [0, 0.1) is 22.2 Å². The first-order chi connectivity index (χ1) is 9.06. The fraction of sp³-hybridized carbons (Fsp3) is 0. The Bertz CT molecular complexity index is 836. The summed E-state index contributed by atoms with van der Waals surface area (Å²) >= 11 is 5.10. The maximum absolute atomic E-state index is 13.8. The molecule has 0 aliphatic heterocycles. The van der Waals surface area contributed by atoms with Gasteiger partial charge in [-0.15, -0.1) is 0 Å². The summed E-state index contributed by atoms with van der Waals surface area (Å²) in [6, 6.07) is 7.17. The van der Waals surface area contributed by atoms with Gasteiger partial charge < -0.3 is 4.98 Å². The van der Waals surface area contributed by atoms with Crippen molar-refractivity contribution in [3.05, 3.63) is 58.6 Å². The maximum Gasteiger partial charge on any atom is 0.182 e. The van der Waals surface area contributed by atoms with Gasteiger partial charge in [0.1, 0.15) is 17.5 Å². The van der Waals surface area contributed by atoms with Crippen LogP contribution in [0.25, 0.3) is 16.7 Å². The first kappa shape index (κ1) is 12.0. The number of hydrogen-bond donors (Lipinski definition) is 1. The lowest BCUT2D eigenvalue weighted by Crippen LogP contribution is -1.98. The summed E-state index contributed by atoms with van der Waals surface area (Å²) in [5.74, 6) is -1.90. The van der Waals surface area contributed by atoms with Crippen LogP contribution in [-0.4, -0.2) is 9.55 Å². The van der Waals surface area contributed by atoms with Crippen molar-refractivity contribution < 1.29 is 13.2 Å². The van der Waals surface area contributed by atoms with Crippen LogP contribution >= 0.6 is 12.2 Å². The molecule has 0 radical (unpaired) electrons. The molecule has 3 aromatic rings. The first-order valence-electron chi connectivity index (χ1n) is 5.42. The molecule has 1 N–H and O–H groups in total. The zero-order chi connectivity index (χ0) is 13.6. The fourth-order valence-corrected chi connectivity index (χ4v) is 2.28. The van der Waals surface area contributed by atoms with Crippen LogP contribution in [-0.2, 0) is 0 Å². The Morgan fingerprint density at radius 1 is 0.947 bits per heavy atom. The molecule has 0 aliphatic rings. The Hall–Kier alpha value is -2.08. The largest absolute Gasteiger partial charge is 0.330 e. The number of halogens is 3. The molecule has 0 fully saturated rings. The average Bonchev–Trinajstić information content (AvgIpc) is 2.65. The van der Waals surface area contributed by atoms with E-state index >= 15 is 0 Å². The molecule has 0 aliphatic carbocycles. The van der Waals surface area contributed by atoms with E-state index in [1.54, 1.807) is 0 Å². The predicted molar refractivity (Wildman–Crippen MR) is 68.3 cm³/mol. The number of fused-ring (bicyclic) bond motifs is 1. The molecule has 1 heterocycles. The van der Waals surface area contributed by atoms with Gasteiger partial charge in [-0.3, -0.25) is 4.57 Å². The highest BCUT2D eigenvalue weighted by molar-refractivity contribution is 7.71. The summed E-state index contributed by atoms with van der Waals surface area (Å²) < 4.78 is 41.6. The molecule has 0 saturated heterocycles. The van der Waals surface area contributed by atoms with Crippen molar-refractivity contribution in [2.45, 2.75) is 0 Å². The van der Waals surface area contributed by atoms with Crippen LogP contribution in [0.3, 0.4) is 0 Å². The van der Waals surface area contributed by atoms with E-state index in [1.165, 1.54) is 28.8 Å². The van der Waals surface area contributed by atoms with E-state index in [0.717, 1.165) is 12.1 Å². The standard InChI is InChI=1S/C13H7F3N2S/c14-7-2-4-11(9(16)5-7)18-12-6-8(15)1-3-10(12)17-13(18)19/h1-6H,(H,17,19). The average molecular weight is 280 g/mol. The minimum Gasteiger partial charge on any atom is -0.330 e. The number of nitrogens with one attached hydrogen (secondary N) is 1. The fourth-order valence-electron chi connectivity index (χ4n) is 1.98. The molecule has 0 bridgehead atoms. The highest BCUT2D eigenvalue weighted by Crippen LogP contribution is 2.22. The third-order valence-corrected chi connectivity index (χ3v) is 3.08. The van der Waals surface area contributed by atoms with Gasteiger partial charge in [-0.25, -0.2) is 13.2 Å². The van der Waals surface area contributed by atoms with Crippen molar-refractivity contribution in [3.63, 3.8) is 0 Å². The summed E-state index contributed by atoms with van der Waals surface area (Å²) in [6.07, 6.45) is 0. The lowest BCUT2D eigenvalue weighted by Gasteiger charge is -2.06. The van der Waals surface area contributed by atoms with Crippen LogP contribution in [0.2, 0.25) is 0 Å². The zero-order valence-electron chi connectivity index (χ0n) is 9.45. The Balaban J connectivity index is 2.38. The number of aromatic amines is 1. The van der Waals surface area contributed by atoms with E-state index in [9.17, 15) is 13.2 Å². The minimum atomic E-state index is -0.763. The van der Waals surface area contributed by atoms with Crippen LogP contribution in [0.5, 0.6) is 0 Å². The highest BCUT2D eigenvalue weighted by Gasteiger charge is 2.12. The van der Waals surface area contributed by atoms with E-state index in [4.69, 9.17) is 12.2 Å². The van der Waals surface area contributed by atoms with E-state index in [0.29, 0.717) is 11.0 Å². The summed E-state index contributed by atoms with van der Waals surface area (Å²) in [5.41, 5.74) is 1.05. The molecule has 1 aromatic heterocycles. The Kier molecular flexibility index (Phi) is 2.67. The number of nitrogens with zero attached hydrogens (tertiary/aromatic N) is 1. The van der Waals surface area contributed by atoms with Gasteiger partial charge in [0.25, 0.3) is 0 Å². The maximum atomic E-state index is 13.8. The van der Waals surface area contributed by atoms with Gasteiger partial charge >= 0.3 is 0 Å². The highest BCUT2D eigenvalue weighted by atomic mass is 32.1. The molecule has 2 aromatic carbocycles. The number of imidazole rings is 1. The monoisotopic (exact) mass is 280 g/mol. The lowest BCUT2D eigenvalue weighted by molar-refractivity contribution is 0.578. The minimum absolute atomic E-state index is 0.0725. The summed E-state index contributed by atoms with van der Waals surface area (Å²) in [6.45, 7) is 0. The van der Waals surface area contributed by atoms with Gasteiger partial charge in [0.2, 0.25) is 0 Å². The van der Waals surface area contributed by atoms with Crippen molar-refractivity contribution in [1.29, 1.82) is 0 Å². The summed E-state index contributed by atoms with van der Waals surface area (Å²) in [5, 5.41) is 0. The van der Waals surface area contributed by atoms with Gasteiger partial charge in [0.05, 0.1) is 16.7 Å². The van der Waals surface area contributed by atoms with Gasteiger partial charge in [0.15, 0.2) is 4.77 Å². The lowest BCUT2D eigenvalue weighted by atomic mass is 10.2. The second-order valence-corrected chi connectivity index (χ2v) is 4.41. The third-order valence-electron chi connectivity index (χ3n) is 2.80. The second kappa shape index (κ2) is 4.24. The van der Waals surface area contributed by atoms with E-state index in [2.05, 4.69) is 4.98 Å². The van der Waals surface area contributed by atoms with E-state index in [1.807, 2.05) is 0 Å². The Morgan fingerprint density at radius 2 is 1.63 bits per heavy atom. The second-order valence-electron chi connectivity index (χ2n) is 4.02. The van der Waals surface area contributed by atoms with Crippen LogP contribution in [0.1, 0.15) is 0 Å². The number of rotatable bonds is 1. The van der Waals surface area contributed by atoms with Crippen molar-refractivity contribution in [3.8, 4) is 5.69 Å². The number of H-pyrrole nitrogens is 1. The molecule has 3 rings (SSSR count). The van der Waals surface area contributed by atoms with Crippen LogP contribution in [0.4, 0.5) is 13.2 Å². The molecule has 0 saturated carbocycles. The van der Waals surface area contributed by atoms with Crippen molar-refractivity contribution in [2.24, 2.45) is 0 Å². The third kappa shape index (κ3) is 1.94. The number of benzene rings is 2. The molecular weight excluding hydrogens is 273 g/mol. The van der Waals surface area contributed by atoms with E-state index < -0.39 is 17.5 Å². The molecule has 19 heavy (non-hydrogen) atoms. The van der Waals surface area contributed by atoms with Gasteiger partial charge in [0, 0.05) is 12.1 Å². The van der Waals surface area contributed by atoms with E-state index in [-0.39, 0.29) is 10.5 Å². The number of hydrogen-bond acceptors (Lipinski definition) is 1. The first-order valence-corrected chi connectivity index (χ1v) is 5.83. The summed E-state index contributed by atoms with van der Waals surface area (Å²) in [4.78, 5) is 2.85. The van der Waals surface area contributed by atoms with Crippen molar-refractivity contribution >= 4 is 23.3 Å². The molecule has 0 unspecified atom stereocenters. The van der Waals surface area contributed by atoms with Crippen LogP contribution < -0.4 is 0 Å². The van der Waals surface area contributed by atoms with Gasteiger partial charge in [-0.1, -0.05) is 0 Å². The molecule has 96 valence electrons. The normalized spacial score (nSPS) is 11.1. The molecule has 0 spiro atoms. The van der Waals surface area contributed by atoms with Crippen molar-refractivity contribution in [2.75, 3.05) is 0 Å². The molecule has 2 nitrogen and oxygen atoms in total. The quantitative estimate of drug-likeness (QED) is 0.665. The smallest absolute Gasteiger partial charge is 0.182 e. The molecule has 6 heteroatoms. The topological polar surface area (TPSA) is 20.7 Å². The Labute approximate surface area is 111 Å². The predicted octanol–water partition coefficient (Wildman–Crippen LogP) is 4.11.